The molecule has 1 atom stereocenters. The minimum atomic E-state index is -0.0140. The first-order valence-corrected chi connectivity index (χ1v) is 9.47. The highest BCUT2D eigenvalue weighted by Gasteiger charge is 2.25. The molecule has 1 amide bonds. The molecular weight excluding hydrogens is 356 g/mol. The second-order valence-corrected chi connectivity index (χ2v) is 7.04. The van der Waals surface area contributed by atoms with E-state index in [1.54, 1.807) is 39.5 Å². The van der Waals surface area contributed by atoms with E-state index in [1.165, 1.54) is 0 Å². The number of benzene rings is 2. The second-order valence-electron chi connectivity index (χ2n) is 7.04. The first-order valence-electron chi connectivity index (χ1n) is 9.47. The molecule has 1 saturated heterocycles. The average molecular weight is 384 g/mol. The second kappa shape index (κ2) is 8.87. The van der Waals surface area contributed by atoms with E-state index in [9.17, 15) is 4.79 Å². The quantitative estimate of drug-likeness (QED) is 0.822. The monoisotopic (exact) mass is 384 g/mol. The van der Waals surface area contributed by atoms with Crippen LogP contribution >= 0.6 is 0 Å². The van der Waals surface area contributed by atoms with Gasteiger partial charge in [-0.3, -0.25) is 4.79 Å². The van der Waals surface area contributed by atoms with Crippen molar-refractivity contribution in [3.8, 4) is 17.2 Å². The molecule has 1 unspecified atom stereocenters. The van der Waals surface area contributed by atoms with Crippen molar-refractivity contribution in [3.05, 3.63) is 47.5 Å². The van der Waals surface area contributed by atoms with Crippen LogP contribution in [0.3, 0.4) is 0 Å². The van der Waals surface area contributed by atoms with Gasteiger partial charge in [-0.15, -0.1) is 0 Å². The van der Waals surface area contributed by atoms with Crippen LogP contribution in [-0.2, 0) is 0 Å². The zero-order valence-electron chi connectivity index (χ0n) is 17.0. The van der Waals surface area contributed by atoms with Crippen molar-refractivity contribution in [3.63, 3.8) is 0 Å². The van der Waals surface area contributed by atoms with E-state index < -0.39 is 0 Å². The summed E-state index contributed by atoms with van der Waals surface area (Å²) in [6.07, 6.45) is 1.95. The number of nitrogens with zero attached hydrogens (tertiary/aromatic N) is 1. The Hall–Kier alpha value is -2.89. The van der Waals surface area contributed by atoms with E-state index in [2.05, 4.69) is 18.3 Å². The number of ether oxygens (including phenoxy) is 3. The van der Waals surface area contributed by atoms with E-state index in [4.69, 9.17) is 14.2 Å². The Kier molecular flexibility index (Phi) is 6.29. The molecule has 2 aromatic rings. The SMILES string of the molecule is COc1cc(OC)cc(C(=O)N2CCCC(Nc3cc(C)ccc3OC)C2)c1. The minimum Gasteiger partial charge on any atom is -0.497 e. The van der Waals surface area contributed by atoms with E-state index in [0.29, 0.717) is 23.6 Å². The lowest BCUT2D eigenvalue weighted by Gasteiger charge is -2.34. The third kappa shape index (κ3) is 4.50. The van der Waals surface area contributed by atoms with Gasteiger partial charge in [0.15, 0.2) is 0 Å². The molecule has 3 rings (SSSR count). The van der Waals surface area contributed by atoms with Crippen LogP contribution in [0.5, 0.6) is 17.2 Å². The van der Waals surface area contributed by atoms with Crippen LogP contribution in [0.2, 0.25) is 0 Å². The van der Waals surface area contributed by atoms with Gasteiger partial charge in [0.1, 0.15) is 17.2 Å². The first-order chi connectivity index (χ1) is 13.5. The molecule has 0 bridgehead atoms. The Morgan fingerprint density at radius 3 is 2.39 bits per heavy atom. The van der Waals surface area contributed by atoms with E-state index in [1.807, 2.05) is 17.0 Å². The molecule has 1 fully saturated rings. The molecule has 2 aromatic carbocycles. The average Bonchev–Trinajstić information content (AvgIpc) is 2.73. The lowest BCUT2D eigenvalue weighted by atomic mass is 10.0. The lowest BCUT2D eigenvalue weighted by molar-refractivity contribution is 0.0714. The van der Waals surface area contributed by atoms with Crippen molar-refractivity contribution < 1.29 is 19.0 Å². The Labute approximate surface area is 166 Å². The molecule has 1 aliphatic rings. The number of amides is 1. The van der Waals surface area contributed by atoms with Crippen molar-refractivity contribution >= 4 is 11.6 Å². The molecule has 1 N–H and O–H groups in total. The predicted molar refractivity (Wildman–Crippen MR) is 110 cm³/mol. The smallest absolute Gasteiger partial charge is 0.254 e. The fraction of sp³-hybridized carbons (Fsp3) is 0.409. The molecule has 0 aromatic heterocycles. The molecule has 6 heteroatoms. The summed E-state index contributed by atoms with van der Waals surface area (Å²) in [6.45, 7) is 3.43. The van der Waals surface area contributed by atoms with Gasteiger partial charge < -0.3 is 24.4 Å². The number of anilines is 1. The van der Waals surface area contributed by atoms with Gasteiger partial charge in [0, 0.05) is 30.8 Å². The number of methoxy groups -OCH3 is 3. The predicted octanol–water partition coefficient (Wildman–Crippen LogP) is 3.74. The summed E-state index contributed by atoms with van der Waals surface area (Å²) in [6, 6.07) is 11.5. The van der Waals surface area contributed by atoms with E-state index >= 15 is 0 Å². The molecule has 150 valence electrons. The van der Waals surface area contributed by atoms with Crippen LogP contribution in [-0.4, -0.2) is 51.3 Å². The van der Waals surface area contributed by atoms with Crippen LogP contribution in [0.1, 0.15) is 28.8 Å². The molecule has 6 nitrogen and oxygen atoms in total. The number of likely N-dealkylation sites (tertiary alicyclic amines) is 1. The van der Waals surface area contributed by atoms with Gasteiger partial charge in [0.25, 0.3) is 5.91 Å². The highest BCUT2D eigenvalue weighted by Crippen LogP contribution is 2.28. The third-order valence-electron chi connectivity index (χ3n) is 5.02. The Balaban J connectivity index is 1.75. The Morgan fingerprint density at radius 1 is 1.04 bits per heavy atom. The maximum absolute atomic E-state index is 13.1. The molecule has 0 saturated carbocycles. The van der Waals surface area contributed by atoms with Gasteiger partial charge >= 0.3 is 0 Å². The summed E-state index contributed by atoms with van der Waals surface area (Å²) >= 11 is 0. The Bertz CT molecular complexity index is 815. The van der Waals surface area contributed by atoms with Crippen molar-refractivity contribution in [2.75, 3.05) is 39.7 Å². The van der Waals surface area contributed by atoms with Gasteiger partial charge in [-0.05, 0) is 49.6 Å². The number of aryl methyl sites for hydroxylation is 1. The fourth-order valence-corrected chi connectivity index (χ4v) is 3.55. The number of carbonyl (C=O) groups is 1. The maximum atomic E-state index is 13.1. The molecular formula is C22H28N2O4. The topological polar surface area (TPSA) is 60.0 Å². The van der Waals surface area contributed by atoms with Gasteiger partial charge in [-0.1, -0.05) is 6.07 Å². The third-order valence-corrected chi connectivity index (χ3v) is 5.02. The van der Waals surface area contributed by atoms with E-state index in [0.717, 1.165) is 36.4 Å². The Morgan fingerprint density at radius 2 is 1.75 bits per heavy atom. The zero-order chi connectivity index (χ0) is 20.1. The van der Waals surface area contributed by atoms with Crippen LogP contribution in [0.15, 0.2) is 36.4 Å². The van der Waals surface area contributed by atoms with Crippen molar-refractivity contribution in [2.24, 2.45) is 0 Å². The van der Waals surface area contributed by atoms with Gasteiger partial charge in [-0.2, -0.15) is 0 Å². The minimum absolute atomic E-state index is 0.0140. The molecule has 0 aliphatic carbocycles. The van der Waals surface area contributed by atoms with Crippen molar-refractivity contribution in [2.45, 2.75) is 25.8 Å². The summed E-state index contributed by atoms with van der Waals surface area (Å²) in [4.78, 5) is 15.0. The zero-order valence-corrected chi connectivity index (χ0v) is 17.0. The fourth-order valence-electron chi connectivity index (χ4n) is 3.55. The van der Waals surface area contributed by atoms with Crippen molar-refractivity contribution in [1.82, 2.24) is 4.90 Å². The summed E-state index contributed by atoms with van der Waals surface area (Å²) in [5, 5.41) is 3.55. The number of hydrogen-bond donors (Lipinski definition) is 1. The van der Waals surface area contributed by atoms with Crippen molar-refractivity contribution in [1.29, 1.82) is 0 Å². The number of hydrogen-bond acceptors (Lipinski definition) is 5. The van der Waals surface area contributed by atoms with Crippen LogP contribution < -0.4 is 19.5 Å². The summed E-state index contributed by atoms with van der Waals surface area (Å²) < 4.78 is 16.1. The van der Waals surface area contributed by atoms with Gasteiger partial charge in [0.2, 0.25) is 0 Å². The first kappa shape index (κ1) is 19.9. The molecule has 1 heterocycles. The standard InChI is InChI=1S/C22H28N2O4/c1-15-7-8-21(28-4)20(10-15)23-17-6-5-9-24(14-17)22(25)16-11-18(26-2)13-19(12-16)27-3/h7-8,10-13,17,23H,5-6,9,14H2,1-4H3. The van der Waals surface area contributed by atoms with Gasteiger partial charge in [0.05, 0.1) is 27.0 Å². The van der Waals surface area contributed by atoms with Crippen LogP contribution in [0, 0.1) is 6.92 Å². The normalized spacial score (nSPS) is 16.4. The number of rotatable bonds is 6. The van der Waals surface area contributed by atoms with Crippen LogP contribution in [0.25, 0.3) is 0 Å². The number of nitrogens with one attached hydrogen (secondary N) is 1. The van der Waals surface area contributed by atoms with Gasteiger partial charge in [-0.25, -0.2) is 0 Å². The largest absolute Gasteiger partial charge is 0.497 e. The number of piperidine rings is 1. The highest BCUT2D eigenvalue weighted by atomic mass is 16.5. The van der Waals surface area contributed by atoms with E-state index in [-0.39, 0.29) is 11.9 Å². The highest BCUT2D eigenvalue weighted by molar-refractivity contribution is 5.95. The lowest BCUT2D eigenvalue weighted by Crippen LogP contribution is -2.45. The molecule has 0 spiro atoms. The molecule has 28 heavy (non-hydrogen) atoms. The number of carbonyl (C=O) groups excluding carboxylic acids is 1. The van der Waals surface area contributed by atoms with Crippen LogP contribution in [0.4, 0.5) is 5.69 Å². The summed E-state index contributed by atoms with van der Waals surface area (Å²) in [5.41, 5.74) is 2.70. The summed E-state index contributed by atoms with van der Waals surface area (Å²) in [7, 11) is 4.83. The maximum Gasteiger partial charge on any atom is 0.254 e. The molecule has 0 radical (unpaired) electrons. The summed E-state index contributed by atoms with van der Waals surface area (Å²) in [5.74, 6) is 2.02. The molecule has 1 aliphatic heterocycles.